The highest BCUT2D eigenvalue weighted by Crippen LogP contribution is 2.35. The summed E-state index contributed by atoms with van der Waals surface area (Å²) in [5.41, 5.74) is 5.38. The van der Waals surface area contributed by atoms with Crippen molar-refractivity contribution in [3.05, 3.63) is 61.7 Å². The van der Waals surface area contributed by atoms with Crippen LogP contribution >= 0.6 is 44.1 Å². The number of nitrogens with one attached hydrogen (secondary N) is 2. The predicted molar refractivity (Wildman–Crippen MR) is 114 cm³/mol. The number of hydrogen-bond acceptors (Lipinski definition) is 4. The Balaban J connectivity index is 1.82. The second-order valence-corrected chi connectivity index (χ2v) is 8.04. The zero-order valence-electron chi connectivity index (χ0n) is 14.3. The topological polar surface area (TPSA) is 54.9 Å². The number of H-pyrrole nitrogens is 1. The minimum Gasteiger partial charge on any atom is -0.489 e. The lowest BCUT2D eigenvalue weighted by molar-refractivity contribution is 0.239. The van der Waals surface area contributed by atoms with Gasteiger partial charge in [0.25, 0.3) is 0 Å². The molecule has 1 heterocycles. The van der Waals surface area contributed by atoms with Crippen molar-refractivity contribution >= 4 is 44.1 Å². The van der Waals surface area contributed by atoms with Gasteiger partial charge in [-0.05, 0) is 75.6 Å². The molecule has 0 aliphatic rings. The molecule has 3 rings (SSSR count). The van der Waals surface area contributed by atoms with Gasteiger partial charge in [0, 0.05) is 5.56 Å². The normalized spacial score (nSPS) is 11.0. The zero-order valence-corrected chi connectivity index (χ0v) is 18.3. The molecule has 0 bridgehead atoms. The number of ether oxygens (including phenoxy) is 1. The van der Waals surface area contributed by atoms with Crippen LogP contribution in [-0.4, -0.2) is 21.0 Å². The van der Waals surface area contributed by atoms with Gasteiger partial charge in [0.1, 0.15) is 5.75 Å². The first-order valence-electron chi connectivity index (χ1n) is 8.07. The molecule has 3 aromatic rings. The lowest BCUT2D eigenvalue weighted by atomic mass is 10.2. The van der Waals surface area contributed by atoms with Gasteiger partial charge in [-0.1, -0.05) is 30.3 Å². The molecule has 2 aromatic carbocycles. The molecule has 26 heavy (non-hydrogen) atoms. The van der Waals surface area contributed by atoms with Crippen molar-refractivity contribution in [1.82, 2.24) is 14.9 Å². The third-order valence-electron chi connectivity index (χ3n) is 3.56. The van der Waals surface area contributed by atoms with Crippen LogP contribution in [0.3, 0.4) is 0 Å². The molecule has 0 spiro atoms. The maximum atomic E-state index is 5.83. The predicted octanol–water partition coefficient (Wildman–Crippen LogP) is 5.66. The molecule has 0 atom stereocenters. The molecule has 1 aromatic heterocycles. The summed E-state index contributed by atoms with van der Waals surface area (Å²) in [6.07, 6.45) is 0.101. The summed E-state index contributed by atoms with van der Waals surface area (Å²) in [5, 5.41) is 7.17. The molecular formula is C18H18Br2N4OS. The van der Waals surface area contributed by atoms with Gasteiger partial charge in [-0.3, -0.25) is 0 Å². The average Bonchev–Trinajstić information content (AvgIpc) is 2.97. The van der Waals surface area contributed by atoms with Gasteiger partial charge in [-0.25, -0.2) is 9.77 Å². The maximum absolute atomic E-state index is 5.83. The molecule has 136 valence electrons. The van der Waals surface area contributed by atoms with E-state index in [1.54, 1.807) is 4.68 Å². The summed E-state index contributed by atoms with van der Waals surface area (Å²) < 4.78 is 9.92. The number of halogens is 2. The molecule has 0 saturated heterocycles. The Labute approximate surface area is 174 Å². The molecule has 8 heteroatoms. The molecule has 0 saturated carbocycles. The highest BCUT2D eigenvalue weighted by Gasteiger charge is 2.12. The Morgan fingerprint density at radius 1 is 1.19 bits per heavy atom. The van der Waals surface area contributed by atoms with Crippen LogP contribution < -0.4 is 10.2 Å². The maximum Gasteiger partial charge on any atom is 0.214 e. The Morgan fingerprint density at radius 2 is 1.85 bits per heavy atom. The summed E-state index contributed by atoms with van der Waals surface area (Å²) in [6.45, 7) is 4.58. The van der Waals surface area contributed by atoms with E-state index in [2.05, 4.69) is 47.5 Å². The first kappa shape index (κ1) is 19.1. The molecule has 2 N–H and O–H groups in total. The quantitative estimate of drug-likeness (QED) is 0.431. The van der Waals surface area contributed by atoms with Gasteiger partial charge < -0.3 is 10.2 Å². The Bertz CT molecular complexity index is 930. The van der Waals surface area contributed by atoms with Gasteiger partial charge in [0.15, 0.2) is 5.82 Å². The van der Waals surface area contributed by atoms with E-state index in [1.807, 2.05) is 56.3 Å². The van der Waals surface area contributed by atoms with E-state index in [-0.39, 0.29) is 6.10 Å². The van der Waals surface area contributed by atoms with Crippen molar-refractivity contribution in [3.63, 3.8) is 0 Å². The van der Waals surface area contributed by atoms with E-state index in [4.69, 9.17) is 17.0 Å². The standard InChI is InChI=1S/C18H18Br2N4OS/c1-11(2)25-16-14(19)8-12(9-15(16)20)10-21-24-17(22-23-18(24)26)13-6-4-3-5-7-13/h3-9,11,21H,10H2,1-2H3,(H,23,26). The third kappa shape index (κ3) is 4.36. The number of benzene rings is 2. The van der Waals surface area contributed by atoms with Crippen molar-refractivity contribution in [2.75, 3.05) is 5.43 Å². The highest BCUT2D eigenvalue weighted by atomic mass is 79.9. The van der Waals surface area contributed by atoms with E-state index >= 15 is 0 Å². The van der Waals surface area contributed by atoms with Gasteiger partial charge in [0.05, 0.1) is 21.6 Å². The van der Waals surface area contributed by atoms with Gasteiger partial charge in [-0.2, -0.15) is 5.10 Å². The summed E-state index contributed by atoms with van der Waals surface area (Å²) in [5.74, 6) is 1.54. The van der Waals surface area contributed by atoms with Crippen molar-refractivity contribution in [2.45, 2.75) is 26.5 Å². The van der Waals surface area contributed by atoms with Gasteiger partial charge >= 0.3 is 0 Å². The third-order valence-corrected chi connectivity index (χ3v) is 5.01. The number of aromatic amines is 1. The number of rotatable bonds is 6. The second-order valence-electron chi connectivity index (χ2n) is 5.94. The monoisotopic (exact) mass is 496 g/mol. The van der Waals surface area contributed by atoms with Crippen LogP contribution in [-0.2, 0) is 6.54 Å². The van der Waals surface area contributed by atoms with Crippen LogP contribution in [0.2, 0.25) is 0 Å². The SMILES string of the molecule is CC(C)Oc1c(Br)cc(CNn2c(-c3ccccc3)n[nH]c2=S)cc1Br. The Kier molecular flexibility index (Phi) is 6.16. The molecule has 0 aliphatic carbocycles. The molecule has 0 aliphatic heterocycles. The molecule has 0 radical (unpaired) electrons. The summed E-state index contributed by atoms with van der Waals surface area (Å²) in [6, 6.07) is 14.0. The van der Waals surface area contributed by atoms with Gasteiger partial charge in [-0.15, -0.1) is 0 Å². The summed E-state index contributed by atoms with van der Waals surface area (Å²) in [4.78, 5) is 0. The summed E-state index contributed by atoms with van der Waals surface area (Å²) >= 11 is 12.5. The van der Waals surface area contributed by atoms with E-state index in [0.717, 1.165) is 31.6 Å². The van der Waals surface area contributed by atoms with E-state index in [9.17, 15) is 0 Å². The van der Waals surface area contributed by atoms with Crippen LogP contribution in [0.5, 0.6) is 5.75 Å². The van der Waals surface area contributed by atoms with Crippen molar-refractivity contribution in [3.8, 4) is 17.1 Å². The molecule has 5 nitrogen and oxygen atoms in total. The molecule has 0 amide bonds. The van der Waals surface area contributed by atoms with Crippen molar-refractivity contribution < 1.29 is 4.74 Å². The van der Waals surface area contributed by atoms with Crippen molar-refractivity contribution in [1.29, 1.82) is 0 Å². The average molecular weight is 498 g/mol. The second kappa shape index (κ2) is 8.37. The van der Waals surface area contributed by atoms with E-state index in [0.29, 0.717) is 11.3 Å². The Morgan fingerprint density at radius 3 is 2.46 bits per heavy atom. The van der Waals surface area contributed by atoms with Crippen LogP contribution in [0.15, 0.2) is 51.4 Å². The van der Waals surface area contributed by atoms with E-state index < -0.39 is 0 Å². The number of nitrogens with zero attached hydrogens (tertiary/aromatic N) is 2. The highest BCUT2D eigenvalue weighted by molar-refractivity contribution is 9.11. The van der Waals surface area contributed by atoms with Crippen molar-refractivity contribution in [2.24, 2.45) is 0 Å². The summed E-state index contributed by atoms with van der Waals surface area (Å²) in [7, 11) is 0. The van der Waals surface area contributed by atoms with Crippen LogP contribution in [0.4, 0.5) is 0 Å². The lowest BCUT2D eigenvalue weighted by Gasteiger charge is -2.16. The lowest BCUT2D eigenvalue weighted by Crippen LogP contribution is -2.16. The molecular weight excluding hydrogens is 480 g/mol. The van der Waals surface area contributed by atoms with Crippen LogP contribution in [0.25, 0.3) is 11.4 Å². The first-order valence-corrected chi connectivity index (χ1v) is 10.1. The van der Waals surface area contributed by atoms with Crippen LogP contribution in [0, 0.1) is 4.77 Å². The fourth-order valence-electron chi connectivity index (χ4n) is 2.46. The molecule has 0 unspecified atom stereocenters. The molecule has 0 fully saturated rings. The minimum atomic E-state index is 0.101. The smallest absolute Gasteiger partial charge is 0.214 e. The van der Waals surface area contributed by atoms with E-state index in [1.165, 1.54) is 0 Å². The fraction of sp³-hybridized carbons (Fsp3) is 0.222. The zero-order chi connectivity index (χ0) is 18.7. The first-order chi connectivity index (χ1) is 12.5. The number of aromatic nitrogens is 3. The largest absolute Gasteiger partial charge is 0.489 e. The minimum absolute atomic E-state index is 0.101. The van der Waals surface area contributed by atoms with Crippen LogP contribution in [0.1, 0.15) is 19.4 Å². The Hall–Kier alpha value is -1.64. The number of hydrogen-bond donors (Lipinski definition) is 2. The fourth-order valence-corrected chi connectivity index (χ4v) is 4.12. The van der Waals surface area contributed by atoms with Gasteiger partial charge in [0.2, 0.25) is 4.77 Å².